The van der Waals surface area contributed by atoms with E-state index < -0.39 is 0 Å². The molecule has 2 aromatic heterocycles. The van der Waals surface area contributed by atoms with Crippen molar-refractivity contribution < 1.29 is 9.47 Å². The Morgan fingerprint density at radius 2 is 1.81 bits per heavy atom. The topological polar surface area (TPSA) is 46.7 Å². The van der Waals surface area contributed by atoms with E-state index >= 15 is 0 Å². The number of aromatic nitrogens is 1. The van der Waals surface area contributed by atoms with Crippen LogP contribution >= 0.6 is 0 Å². The van der Waals surface area contributed by atoms with Crippen LogP contribution < -0.4 is 9.47 Å². The summed E-state index contributed by atoms with van der Waals surface area (Å²) in [6, 6.07) is 13.4. The van der Waals surface area contributed by atoms with Gasteiger partial charge >= 0.3 is 0 Å². The molecule has 0 unspecified atom stereocenters. The van der Waals surface area contributed by atoms with Gasteiger partial charge in [-0.2, -0.15) is 5.26 Å². The van der Waals surface area contributed by atoms with Gasteiger partial charge in [-0.25, -0.2) is 0 Å². The maximum atomic E-state index is 9.05. The number of para-hydroxylation sites is 2. The first kappa shape index (κ1) is 13.1. The molecule has 3 rings (SSSR count). The number of aryl methyl sites for hydroxylation is 1. The summed E-state index contributed by atoms with van der Waals surface area (Å²) in [5, 5.41) is 9.05. The van der Waals surface area contributed by atoms with Crippen molar-refractivity contribution in [1.29, 1.82) is 5.26 Å². The third-order valence-corrected chi connectivity index (χ3v) is 3.22. The lowest BCUT2D eigenvalue weighted by atomic mass is 10.2. The van der Waals surface area contributed by atoms with Gasteiger partial charge in [0.25, 0.3) is 0 Å². The van der Waals surface area contributed by atoms with Crippen molar-refractivity contribution >= 4 is 5.52 Å². The van der Waals surface area contributed by atoms with E-state index in [1.807, 2.05) is 53.9 Å². The Bertz CT molecular complexity index is 844. The van der Waals surface area contributed by atoms with Crippen molar-refractivity contribution in [1.82, 2.24) is 4.40 Å². The first-order valence-electron chi connectivity index (χ1n) is 6.54. The van der Waals surface area contributed by atoms with Crippen molar-refractivity contribution in [3.8, 4) is 23.3 Å². The summed E-state index contributed by atoms with van der Waals surface area (Å²) in [6.45, 7) is 1.99. The van der Waals surface area contributed by atoms with Gasteiger partial charge in [-0.05, 0) is 36.8 Å². The fraction of sp³-hybridized carbons (Fsp3) is 0.118. The summed E-state index contributed by atoms with van der Waals surface area (Å²) in [5.74, 6) is 2.01. The molecule has 0 radical (unpaired) electrons. The van der Waals surface area contributed by atoms with E-state index in [4.69, 9.17) is 14.7 Å². The second kappa shape index (κ2) is 5.22. The first-order chi connectivity index (χ1) is 10.2. The maximum absolute atomic E-state index is 9.05. The molecule has 0 spiro atoms. The zero-order valence-corrected chi connectivity index (χ0v) is 11.8. The van der Waals surface area contributed by atoms with Gasteiger partial charge in [-0.1, -0.05) is 12.1 Å². The molecule has 0 aliphatic rings. The summed E-state index contributed by atoms with van der Waals surface area (Å²) in [6.07, 6.45) is 3.75. The van der Waals surface area contributed by atoms with Crippen molar-refractivity contribution in [3.63, 3.8) is 0 Å². The molecule has 0 amide bonds. The van der Waals surface area contributed by atoms with Gasteiger partial charge in [-0.15, -0.1) is 0 Å². The highest BCUT2D eigenvalue weighted by atomic mass is 16.5. The quantitative estimate of drug-likeness (QED) is 0.729. The van der Waals surface area contributed by atoms with E-state index in [0.29, 0.717) is 22.8 Å². The number of rotatable bonds is 3. The second-order valence-electron chi connectivity index (χ2n) is 4.77. The minimum Gasteiger partial charge on any atom is -0.493 e. The molecule has 3 aromatic rings. The van der Waals surface area contributed by atoms with Crippen LogP contribution in [0.25, 0.3) is 5.52 Å². The fourth-order valence-electron chi connectivity index (χ4n) is 2.29. The molecule has 0 fully saturated rings. The zero-order valence-electron chi connectivity index (χ0n) is 11.8. The van der Waals surface area contributed by atoms with Gasteiger partial charge in [0, 0.05) is 12.4 Å². The van der Waals surface area contributed by atoms with Crippen LogP contribution in [0.5, 0.6) is 17.2 Å². The van der Waals surface area contributed by atoms with Crippen LogP contribution in [0.1, 0.15) is 11.1 Å². The van der Waals surface area contributed by atoms with Crippen molar-refractivity contribution in [2.75, 3.05) is 7.11 Å². The lowest BCUT2D eigenvalue weighted by molar-refractivity contribution is 0.379. The number of benzene rings is 1. The lowest BCUT2D eigenvalue weighted by Crippen LogP contribution is -1.93. The Morgan fingerprint density at radius 1 is 1.05 bits per heavy atom. The molecule has 1 aromatic carbocycles. The van der Waals surface area contributed by atoms with E-state index in [2.05, 4.69) is 6.07 Å². The summed E-state index contributed by atoms with van der Waals surface area (Å²) >= 11 is 0. The van der Waals surface area contributed by atoms with Gasteiger partial charge in [-0.3, -0.25) is 0 Å². The molecule has 0 aliphatic heterocycles. The molecule has 0 aliphatic carbocycles. The Morgan fingerprint density at radius 3 is 2.52 bits per heavy atom. The van der Waals surface area contributed by atoms with E-state index in [1.165, 1.54) is 0 Å². The molecule has 0 atom stereocenters. The van der Waals surface area contributed by atoms with Crippen LogP contribution in [0, 0.1) is 18.3 Å². The minimum absolute atomic E-state index is 0.602. The lowest BCUT2D eigenvalue weighted by Gasteiger charge is -2.12. The second-order valence-corrected chi connectivity index (χ2v) is 4.77. The summed E-state index contributed by atoms with van der Waals surface area (Å²) in [7, 11) is 1.61. The Kier molecular flexibility index (Phi) is 3.25. The third kappa shape index (κ3) is 2.41. The fourth-order valence-corrected chi connectivity index (χ4v) is 2.29. The monoisotopic (exact) mass is 278 g/mol. The normalized spacial score (nSPS) is 10.3. The van der Waals surface area contributed by atoms with E-state index in [1.54, 1.807) is 13.3 Å². The van der Waals surface area contributed by atoms with Crippen LogP contribution in [0.3, 0.4) is 0 Å². The van der Waals surface area contributed by atoms with Gasteiger partial charge < -0.3 is 13.9 Å². The number of hydrogen-bond donors (Lipinski definition) is 0. The number of nitriles is 1. The van der Waals surface area contributed by atoms with Crippen LogP contribution in [0.4, 0.5) is 0 Å². The molecule has 4 heteroatoms. The van der Waals surface area contributed by atoms with Crippen LogP contribution in [0.15, 0.2) is 48.8 Å². The number of methoxy groups -OCH3 is 1. The van der Waals surface area contributed by atoms with E-state index in [-0.39, 0.29) is 0 Å². The highest BCUT2D eigenvalue weighted by Gasteiger charge is 2.10. The number of hydrogen-bond acceptors (Lipinski definition) is 3. The van der Waals surface area contributed by atoms with Gasteiger partial charge in [0.1, 0.15) is 6.07 Å². The summed E-state index contributed by atoms with van der Waals surface area (Å²) < 4.78 is 13.2. The molecule has 21 heavy (non-hydrogen) atoms. The van der Waals surface area contributed by atoms with Crippen molar-refractivity contribution in [2.24, 2.45) is 0 Å². The highest BCUT2D eigenvalue weighted by molar-refractivity contribution is 5.66. The zero-order chi connectivity index (χ0) is 14.8. The summed E-state index contributed by atoms with van der Waals surface area (Å²) in [4.78, 5) is 0. The maximum Gasteiger partial charge on any atom is 0.169 e. The SMILES string of the molecule is COc1ccccc1Oc1cc(C)cn2cc(C#N)cc12. The molecule has 2 heterocycles. The van der Waals surface area contributed by atoms with Crippen molar-refractivity contribution in [2.45, 2.75) is 6.92 Å². The average molecular weight is 278 g/mol. The molecular weight excluding hydrogens is 264 g/mol. The first-order valence-corrected chi connectivity index (χ1v) is 6.54. The molecular formula is C17H14N2O2. The molecule has 104 valence electrons. The van der Waals surface area contributed by atoms with Crippen LogP contribution in [0.2, 0.25) is 0 Å². The predicted molar refractivity (Wildman–Crippen MR) is 79.9 cm³/mol. The smallest absolute Gasteiger partial charge is 0.169 e. The number of pyridine rings is 1. The number of fused-ring (bicyclic) bond motifs is 1. The standard InChI is InChI=1S/C17H14N2O2/c1-12-7-17(14-8-13(9-18)11-19(14)10-12)21-16-6-4-3-5-15(16)20-2/h3-8,10-11H,1-2H3. The largest absolute Gasteiger partial charge is 0.493 e. The Balaban J connectivity index is 2.12. The van der Waals surface area contributed by atoms with Gasteiger partial charge in [0.05, 0.1) is 18.2 Å². The van der Waals surface area contributed by atoms with E-state index in [9.17, 15) is 0 Å². The Labute approximate surface area is 122 Å². The molecule has 0 saturated heterocycles. The average Bonchev–Trinajstić information content (AvgIpc) is 2.91. The molecule has 0 saturated carbocycles. The molecule has 4 nitrogen and oxygen atoms in total. The number of nitrogens with zero attached hydrogens (tertiary/aromatic N) is 2. The highest BCUT2D eigenvalue weighted by Crippen LogP contribution is 2.34. The van der Waals surface area contributed by atoms with Gasteiger partial charge in [0.2, 0.25) is 0 Å². The molecule has 0 bridgehead atoms. The van der Waals surface area contributed by atoms with Crippen molar-refractivity contribution in [3.05, 3.63) is 59.9 Å². The minimum atomic E-state index is 0.602. The number of ether oxygens (including phenoxy) is 2. The summed E-state index contributed by atoms with van der Waals surface area (Å²) in [5.41, 5.74) is 2.50. The van der Waals surface area contributed by atoms with Crippen LogP contribution in [-0.2, 0) is 0 Å². The predicted octanol–water partition coefficient (Wildman–Crippen LogP) is 3.92. The van der Waals surface area contributed by atoms with E-state index in [0.717, 1.165) is 11.1 Å². The van der Waals surface area contributed by atoms with Crippen LogP contribution in [-0.4, -0.2) is 11.5 Å². The third-order valence-electron chi connectivity index (χ3n) is 3.22. The molecule has 0 N–H and O–H groups in total. The Hall–Kier alpha value is -2.93. The van der Waals surface area contributed by atoms with Gasteiger partial charge in [0.15, 0.2) is 17.2 Å².